The fourth-order valence-corrected chi connectivity index (χ4v) is 7.40. The summed E-state index contributed by atoms with van der Waals surface area (Å²) in [4.78, 5) is 45.5. The SMILES string of the molecule is CN(C)CCCN(C)Cc1cccc(-c2ccc(O)c3c2C[C@H]2C[C@H]4C(N(C)C)C(=O)C(C(N)=O)=C(O)[C@@]4(O)C(=O)C2=C3O)c1. The zero-order chi connectivity index (χ0) is 33.0. The summed E-state index contributed by atoms with van der Waals surface area (Å²) in [6, 6.07) is 10.2. The standard InChI is InChI=1S/C34H42N4O7/c1-36(2)12-7-13-38(5)17-18-8-6-9-19(14-18)21-10-11-24(39)26-22(21)15-20-16-23-28(37(3)4)30(41)27(33(35)44)32(43)34(23,45)31(42)25(20)29(26)40/h6,8-11,14,20,23,28,39-40,43,45H,7,12-13,15-17H2,1-5H3,(H2,35,44)/t20-,23-,28?,34-/m0/s1. The van der Waals surface area contributed by atoms with Crippen LogP contribution in [0.1, 0.15) is 29.5 Å². The van der Waals surface area contributed by atoms with E-state index in [0.29, 0.717) is 5.56 Å². The summed E-state index contributed by atoms with van der Waals surface area (Å²) in [6.07, 6.45) is 1.31. The Morgan fingerprint density at radius 2 is 1.73 bits per heavy atom. The third-order valence-corrected chi connectivity index (χ3v) is 9.44. The van der Waals surface area contributed by atoms with Crippen LogP contribution in [0.3, 0.4) is 0 Å². The van der Waals surface area contributed by atoms with Crippen LogP contribution in [0.25, 0.3) is 16.9 Å². The number of primary amides is 1. The van der Waals surface area contributed by atoms with E-state index in [1.807, 2.05) is 12.1 Å². The molecule has 3 aliphatic carbocycles. The number of phenols is 1. The first-order chi connectivity index (χ1) is 21.2. The van der Waals surface area contributed by atoms with E-state index in [1.165, 1.54) is 11.0 Å². The zero-order valence-corrected chi connectivity index (χ0v) is 26.4. The lowest BCUT2D eigenvalue weighted by Crippen LogP contribution is -2.65. The molecule has 11 heteroatoms. The molecule has 0 aliphatic heterocycles. The first-order valence-electron chi connectivity index (χ1n) is 15.1. The molecule has 1 fully saturated rings. The maximum Gasteiger partial charge on any atom is 0.255 e. The number of likely N-dealkylation sites (N-methyl/N-ethyl adjacent to an activating group) is 1. The zero-order valence-electron chi connectivity index (χ0n) is 26.4. The van der Waals surface area contributed by atoms with E-state index in [-0.39, 0.29) is 29.7 Å². The molecule has 6 N–H and O–H groups in total. The Balaban J connectivity index is 1.57. The molecule has 1 amide bonds. The molecule has 1 saturated carbocycles. The number of Topliss-reactive ketones (excluding diaryl/α,β-unsaturated/α-hetero) is 2. The van der Waals surface area contributed by atoms with Gasteiger partial charge in [-0.3, -0.25) is 19.3 Å². The molecule has 2 aromatic carbocycles. The van der Waals surface area contributed by atoms with Crippen molar-refractivity contribution < 1.29 is 34.8 Å². The second-order valence-electron chi connectivity index (χ2n) is 13.0. The number of nitrogens with two attached hydrogens (primary N) is 1. The number of aliphatic hydroxyl groups excluding tert-OH is 2. The highest BCUT2D eigenvalue weighted by atomic mass is 16.3. The van der Waals surface area contributed by atoms with Crippen LogP contribution in [0.15, 0.2) is 53.3 Å². The predicted octanol–water partition coefficient (Wildman–Crippen LogP) is 2.01. The monoisotopic (exact) mass is 618 g/mol. The van der Waals surface area contributed by atoms with E-state index in [0.717, 1.165) is 42.7 Å². The summed E-state index contributed by atoms with van der Waals surface area (Å²) < 4.78 is 0. The van der Waals surface area contributed by atoms with Gasteiger partial charge in [0.2, 0.25) is 5.78 Å². The first kappa shape index (κ1) is 32.4. The van der Waals surface area contributed by atoms with Gasteiger partial charge >= 0.3 is 0 Å². The molecule has 11 nitrogen and oxygen atoms in total. The smallest absolute Gasteiger partial charge is 0.255 e. The molecule has 0 aromatic heterocycles. The molecule has 2 aromatic rings. The Bertz CT molecular complexity index is 1630. The number of aliphatic hydroxyl groups is 3. The number of rotatable bonds is 9. The Morgan fingerprint density at radius 1 is 1.02 bits per heavy atom. The van der Waals surface area contributed by atoms with Gasteiger partial charge in [-0.05, 0) is 108 Å². The Kier molecular flexibility index (Phi) is 8.67. The predicted molar refractivity (Wildman–Crippen MR) is 169 cm³/mol. The topological polar surface area (TPSA) is 168 Å². The number of fused-ring (bicyclic) bond motifs is 3. The van der Waals surface area contributed by atoms with Gasteiger partial charge in [0.05, 0.1) is 11.6 Å². The first-order valence-corrected chi connectivity index (χ1v) is 15.1. The van der Waals surface area contributed by atoms with Crippen LogP contribution in [-0.4, -0.2) is 113 Å². The molecule has 0 heterocycles. The third-order valence-electron chi connectivity index (χ3n) is 9.44. The molecule has 3 aliphatic rings. The maximum absolute atomic E-state index is 14.1. The van der Waals surface area contributed by atoms with Gasteiger partial charge in [0.1, 0.15) is 22.8 Å². The molecule has 1 unspecified atom stereocenters. The molecule has 45 heavy (non-hydrogen) atoms. The number of aromatic hydroxyl groups is 1. The summed E-state index contributed by atoms with van der Waals surface area (Å²) in [5.74, 6) is -6.65. The van der Waals surface area contributed by atoms with Crippen molar-refractivity contribution in [2.75, 3.05) is 48.3 Å². The van der Waals surface area contributed by atoms with E-state index in [9.17, 15) is 34.8 Å². The largest absolute Gasteiger partial charge is 0.508 e. The number of hydrogen-bond donors (Lipinski definition) is 5. The van der Waals surface area contributed by atoms with Crippen molar-refractivity contribution >= 4 is 23.2 Å². The van der Waals surface area contributed by atoms with Crippen molar-refractivity contribution in [2.45, 2.75) is 37.5 Å². The molecule has 4 atom stereocenters. The van der Waals surface area contributed by atoms with Gasteiger partial charge in [-0.1, -0.05) is 24.3 Å². The molecule has 240 valence electrons. The highest BCUT2D eigenvalue weighted by Crippen LogP contribution is 2.53. The van der Waals surface area contributed by atoms with Gasteiger partial charge < -0.3 is 36.0 Å². The number of ketones is 2. The Labute approximate surface area is 262 Å². The molecule has 0 radical (unpaired) electrons. The summed E-state index contributed by atoms with van der Waals surface area (Å²) in [6.45, 7) is 2.67. The summed E-state index contributed by atoms with van der Waals surface area (Å²) in [7, 11) is 9.34. The van der Waals surface area contributed by atoms with Crippen LogP contribution in [0.5, 0.6) is 5.75 Å². The average Bonchev–Trinajstić information content (AvgIpc) is 2.94. The van der Waals surface area contributed by atoms with Crippen LogP contribution in [0.2, 0.25) is 0 Å². The van der Waals surface area contributed by atoms with Crippen LogP contribution in [-0.2, 0) is 27.3 Å². The quantitative estimate of drug-likeness (QED) is 0.262. The minimum absolute atomic E-state index is 0.0403. The van der Waals surface area contributed by atoms with Crippen molar-refractivity contribution in [3.05, 3.63) is 70.0 Å². The van der Waals surface area contributed by atoms with Gasteiger partial charge in [-0.2, -0.15) is 0 Å². The fourth-order valence-electron chi connectivity index (χ4n) is 7.40. The number of carbonyl (C=O) groups excluding carboxylic acids is 3. The van der Waals surface area contributed by atoms with Crippen molar-refractivity contribution in [2.24, 2.45) is 17.6 Å². The lowest BCUT2D eigenvalue weighted by Gasteiger charge is -2.50. The highest BCUT2D eigenvalue weighted by Gasteiger charge is 2.64. The third kappa shape index (κ3) is 5.43. The number of phenolic OH excluding ortho intramolecular Hbond substituents is 1. The van der Waals surface area contributed by atoms with E-state index in [2.05, 4.69) is 43.1 Å². The van der Waals surface area contributed by atoms with Crippen LogP contribution >= 0.6 is 0 Å². The maximum atomic E-state index is 14.1. The minimum atomic E-state index is -2.66. The van der Waals surface area contributed by atoms with Crippen molar-refractivity contribution in [1.29, 1.82) is 0 Å². The average molecular weight is 619 g/mol. The molecule has 0 saturated heterocycles. The number of nitrogens with zero attached hydrogens (tertiary/aromatic N) is 3. The van der Waals surface area contributed by atoms with Gasteiger partial charge in [-0.15, -0.1) is 0 Å². The molecule has 0 spiro atoms. The number of amides is 1. The van der Waals surface area contributed by atoms with E-state index in [4.69, 9.17) is 5.73 Å². The van der Waals surface area contributed by atoms with E-state index < -0.39 is 58.0 Å². The van der Waals surface area contributed by atoms with Gasteiger partial charge in [0, 0.05) is 18.0 Å². The normalized spacial score (nSPS) is 24.8. The fraction of sp³-hybridized carbons (Fsp3) is 0.441. The van der Waals surface area contributed by atoms with E-state index in [1.54, 1.807) is 20.2 Å². The van der Waals surface area contributed by atoms with Crippen molar-refractivity contribution in [3.8, 4) is 16.9 Å². The van der Waals surface area contributed by atoms with Gasteiger partial charge in [0.15, 0.2) is 11.4 Å². The Morgan fingerprint density at radius 3 is 2.38 bits per heavy atom. The molecular weight excluding hydrogens is 576 g/mol. The second-order valence-corrected chi connectivity index (χ2v) is 13.0. The summed E-state index contributed by atoms with van der Waals surface area (Å²) in [5.41, 5.74) is 5.22. The summed E-state index contributed by atoms with van der Waals surface area (Å²) >= 11 is 0. The van der Waals surface area contributed by atoms with Crippen LogP contribution in [0.4, 0.5) is 0 Å². The lowest BCUT2D eigenvalue weighted by atomic mass is 9.57. The number of benzene rings is 2. The van der Waals surface area contributed by atoms with Gasteiger partial charge in [-0.25, -0.2) is 0 Å². The van der Waals surface area contributed by atoms with Crippen molar-refractivity contribution in [1.82, 2.24) is 14.7 Å². The number of hydrogen-bond acceptors (Lipinski definition) is 10. The Hall–Kier alpha value is -4.03. The highest BCUT2D eigenvalue weighted by molar-refractivity contribution is 6.24. The molecule has 5 rings (SSSR count). The minimum Gasteiger partial charge on any atom is -0.508 e. The van der Waals surface area contributed by atoms with Crippen LogP contribution in [0, 0.1) is 11.8 Å². The summed E-state index contributed by atoms with van der Waals surface area (Å²) in [5, 5.41) is 45.4. The van der Waals surface area contributed by atoms with E-state index >= 15 is 0 Å². The van der Waals surface area contributed by atoms with Crippen LogP contribution < -0.4 is 5.73 Å². The van der Waals surface area contributed by atoms with Gasteiger partial charge in [0.25, 0.3) is 5.91 Å². The second kappa shape index (κ2) is 12.1. The lowest BCUT2D eigenvalue weighted by molar-refractivity contribution is -0.153. The van der Waals surface area contributed by atoms with Crippen molar-refractivity contribution in [3.63, 3.8) is 0 Å². The molecular formula is C34H42N4O7. The molecule has 0 bridgehead atoms. The number of carbonyl (C=O) groups is 3.